The van der Waals surface area contributed by atoms with Crippen molar-refractivity contribution in [3.63, 3.8) is 0 Å². The molecule has 3 nitrogen and oxygen atoms in total. The Balaban J connectivity index is 0. The molecule has 0 unspecified atom stereocenters. The van der Waals surface area contributed by atoms with E-state index < -0.39 is 5.97 Å². The van der Waals surface area contributed by atoms with Crippen LogP contribution in [-0.4, -0.2) is 22.8 Å². The third-order valence-electron chi connectivity index (χ3n) is 8.51. The summed E-state index contributed by atoms with van der Waals surface area (Å²) in [5.41, 5.74) is 0. The first kappa shape index (κ1) is 42.6. The van der Waals surface area contributed by atoms with Crippen molar-refractivity contribution < 1.29 is 15.0 Å². The number of hydrogen-bond donors (Lipinski definition) is 2. The first-order valence-electron chi connectivity index (χ1n) is 19.0. The number of hydrogen-bond acceptors (Lipinski definition) is 2. The predicted molar refractivity (Wildman–Crippen MR) is 183 cm³/mol. The third-order valence-corrected chi connectivity index (χ3v) is 8.51. The maximum Gasteiger partial charge on any atom is 0.303 e. The lowest BCUT2D eigenvalue weighted by atomic mass is 10.0. The molecule has 41 heavy (non-hydrogen) atoms. The van der Waals surface area contributed by atoms with E-state index in [1.165, 1.54) is 193 Å². The van der Waals surface area contributed by atoms with E-state index >= 15 is 0 Å². The van der Waals surface area contributed by atoms with E-state index in [1.54, 1.807) is 0 Å². The van der Waals surface area contributed by atoms with Crippen LogP contribution in [0.4, 0.5) is 0 Å². The second-order valence-electron chi connectivity index (χ2n) is 12.8. The number of carboxylic acids is 1. The molecule has 2 N–H and O–H groups in total. The van der Waals surface area contributed by atoms with E-state index in [9.17, 15) is 4.79 Å². The number of carboxylic acid groups (broad SMARTS) is 1. The van der Waals surface area contributed by atoms with Crippen molar-refractivity contribution in [3.05, 3.63) is 0 Å². The minimum atomic E-state index is -0.651. The zero-order valence-corrected chi connectivity index (χ0v) is 28.6. The summed E-state index contributed by atoms with van der Waals surface area (Å²) in [7, 11) is 0. The van der Waals surface area contributed by atoms with Crippen LogP contribution in [0.15, 0.2) is 0 Å². The van der Waals surface area contributed by atoms with Gasteiger partial charge in [-0.1, -0.05) is 213 Å². The van der Waals surface area contributed by atoms with Crippen molar-refractivity contribution in [1.29, 1.82) is 0 Å². The average molecular weight is 583 g/mol. The summed E-state index contributed by atoms with van der Waals surface area (Å²) < 4.78 is 0. The van der Waals surface area contributed by atoms with E-state index in [1.807, 2.05) is 0 Å². The Labute approximate surface area is 259 Å². The summed E-state index contributed by atoms with van der Waals surface area (Å²) in [5.74, 6) is -0.651. The van der Waals surface area contributed by atoms with Gasteiger partial charge in [-0.2, -0.15) is 0 Å². The fourth-order valence-electron chi connectivity index (χ4n) is 5.66. The lowest BCUT2D eigenvalue weighted by Gasteiger charge is -2.03. The maximum atomic E-state index is 10.4. The van der Waals surface area contributed by atoms with Crippen molar-refractivity contribution >= 4 is 5.97 Å². The Morgan fingerprint density at radius 3 is 0.732 bits per heavy atom. The fraction of sp³-hybridized carbons (Fsp3) is 0.974. The maximum absolute atomic E-state index is 10.4. The second-order valence-corrected chi connectivity index (χ2v) is 12.8. The third kappa shape index (κ3) is 46.6. The Hall–Kier alpha value is -0.570. The molecule has 0 radical (unpaired) electrons. The molecule has 0 aromatic carbocycles. The van der Waals surface area contributed by atoms with Gasteiger partial charge in [0.05, 0.1) is 0 Å². The minimum absolute atomic E-state index is 0.346. The van der Waals surface area contributed by atoms with Crippen molar-refractivity contribution in [3.8, 4) is 0 Å². The molecule has 0 aliphatic rings. The van der Waals surface area contributed by atoms with Crippen LogP contribution in [0, 0.1) is 0 Å². The van der Waals surface area contributed by atoms with Gasteiger partial charge in [-0.05, 0) is 12.8 Å². The Morgan fingerprint density at radius 2 is 0.537 bits per heavy atom. The van der Waals surface area contributed by atoms with Gasteiger partial charge in [0.25, 0.3) is 0 Å². The highest BCUT2D eigenvalue weighted by Gasteiger charge is 1.98. The molecule has 0 spiro atoms. The lowest BCUT2D eigenvalue weighted by Crippen LogP contribution is -1.93. The number of rotatable bonds is 34. The Morgan fingerprint density at radius 1 is 0.341 bits per heavy atom. The smallest absolute Gasteiger partial charge is 0.303 e. The van der Waals surface area contributed by atoms with E-state index in [0.717, 1.165) is 19.3 Å². The van der Waals surface area contributed by atoms with Crippen LogP contribution in [0.25, 0.3) is 0 Å². The molecule has 0 aromatic rings. The van der Waals surface area contributed by atoms with E-state index in [4.69, 9.17) is 10.2 Å². The van der Waals surface area contributed by atoms with E-state index in [2.05, 4.69) is 13.8 Å². The first-order valence-corrected chi connectivity index (χ1v) is 19.0. The van der Waals surface area contributed by atoms with Crippen molar-refractivity contribution in [1.82, 2.24) is 0 Å². The highest BCUT2D eigenvalue weighted by molar-refractivity contribution is 5.66. The highest BCUT2D eigenvalue weighted by atomic mass is 16.4. The molecule has 0 heterocycles. The summed E-state index contributed by atoms with van der Waals surface area (Å²) >= 11 is 0. The molecule has 0 saturated carbocycles. The normalized spacial score (nSPS) is 11.0. The molecule has 0 aromatic heterocycles. The van der Waals surface area contributed by atoms with Crippen molar-refractivity contribution in [2.75, 3.05) is 6.61 Å². The van der Waals surface area contributed by atoms with Gasteiger partial charge in [-0.15, -0.1) is 0 Å². The van der Waals surface area contributed by atoms with Gasteiger partial charge in [0, 0.05) is 13.0 Å². The minimum Gasteiger partial charge on any atom is -0.481 e. The van der Waals surface area contributed by atoms with Gasteiger partial charge in [0.2, 0.25) is 0 Å². The molecular formula is C38H78O3. The lowest BCUT2D eigenvalue weighted by molar-refractivity contribution is -0.137. The summed E-state index contributed by atoms with van der Waals surface area (Å²) in [6, 6.07) is 0. The van der Waals surface area contributed by atoms with E-state index in [0.29, 0.717) is 13.0 Å². The SMILES string of the molecule is CCCCCCCCCCCCCCCCCCCCCC(=O)O.CCCCCCCCCCCCCCCCO. The summed E-state index contributed by atoms with van der Waals surface area (Å²) in [4.78, 5) is 10.4. The number of carbonyl (C=O) groups is 1. The molecule has 0 aliphatic carbocycles. The molecule has 0 fully saturated rings. The van der Waals surface area contributed by atoms with Gasteiger partial charge in [0.15, 0.2) is 0 Å². The monoisotopic (exact) mass is 583 g/mol. The average Bonchev–Trinajstić information content (AvgIpc) is 2.97. The first-order chi connectivity index (χ1) is 20.2. The number of aliphatic hydroxyl groups excluding tert-OH is 1. The second kappa shape index (κ2) is 41.6. The molecule has 3 heteroatoms. The van der Waals surface area contributed by atoms with Gasteiger partial charge < -0.3 is 10.2 Å². The number of unbranched alkanes of at least 4 members (excludes halogenated alkanes) is 31. The Kier molecular flexibility index (Phi) is 43.1. The summed E-state index contributed by atoms with van der Waals surface area (Å²) in [6.45, 7) is 4.93. The van der Waals surface area contributed by atoms with Crippen LogP contribution in [-0.2, 0) is 4.79 Å². The van der Waals surface area contributed by atoms with E-state index in [-0.39, 0.29) is 0 Å². The summed E-state index contributed by atoms with van der Waals surface area (Å²) in [6.07, 6.45) is 45.3. The quantitative estimate of drug-likeness (QED) is 0.0742. The molecule has 248 valence electrons. The van der Waals surface area contributed by atoms with Gasteiger partial charge >= 0.3 is 5.97 Å². The predicted octanol–water partition coefficient (Wildman–Crippen LogP) is 13.4. The molecule has 0 aliphatic heterocycles. The fourth-order valence-corrected chi connectivity index (χ4v) is 5.66. The summed E-state index contributed by atoms with van der Waals surface area (Å²) in [5, 5.41) is 17.2. The number of aliphatic carboxylic acids is 1. The largest absolute Gasteiger partial charge is 0.481 e. The van der Waals surface area contributed by atoms with Crippen LogP contribution < -0.4 is 0 Å². The Bertz CT molecular complexity index is 437. The molecule has 0 saturated heterocycles. The van der Waals surface area contributed by atoms with Gasteiger partial charge in [-0.25, -0.2) is 0 Å². The molecule has 0 rings (SSSR count). The van der Waals surface area contributed by atoms with Gasteiger partial charge in [0.1, 0.15) is 0 Å². The van der Waals surface area contributed by atoms with Crippen LogP contribution in [0.5, 0.6) is 0 Å². The number of aliphatic hydroxyl groups is 1. The topological polar surface area (TPSA) is 57.5 Å². The zero-order chi connectivity index (χ0) is 30.3. The van der Waals surface area contributed by atoms with Crippen molar-refractivity contribution in [2.45, 2.75) is 232 Å². The molecule has 0 amide bonds. The van der Waals surface area contributed by atoms with Gasteiger partial charge in [-0.3, -0.25) is 4.79 Å². The van der Waals surface area contributed by atoms with Crippen LogP contribution in [0.1, 0.15) is 232 Å². The molecular weight excluding hydrogens is 504 g/mol. The molecule has 0 atom stereocenters. The van der Waals surface area contributed by atoms with Crippen LogP contribution >= 0.6 is 0 Å². The van der Waals surface area contributed by atoms with Crippen LogP contribution in [0.3, 0.4) is 0 Å². The standard InChI is InChI=1S/C22H44O2.C16H34O/c1-2-3-4-5-6-7-8-9-10-11-12-13-14-15-16-17-18-19-20-21-22(23)24;1-2-3-4-5-6-7-8-9-10-11-12-13-14-15-16-17/h2-21H2,1H3,(H,23,24);17H,2-16H2,1H3. The zero-order valence-electron chi connectivity index (χ0n) is 28.6. The van der Waals surface area contributed by atoms with Crippen LogP contribution in [0.2, 0.25) is 0 Å². The highest BCUT2D eigenvalue weighted by Crippen LogP contribution is 2.15. The molecule has 0 bridgehead atoms. The van der Waals surface area contributed by atoms with Crippen molar-refractivity contribution in [2.24, 2.45) is 0 Å².